The lowest BCUT2D eigenvalue weighted by Gasteiger charge is -2.37. The number of halogens is 3. The number of Topliss-reactive ketones (excluding diaryl/α,β-unsaturated/α-hetero) is 1. The number of carbonyl (C=O) groups excluding carboxylic acids is 1. The second kappa shape index (κ2) is 11.2. The van der Waals surface area contributed by atoms with Crippen LogP contribution in [-0.4, -0.2) is 51.9 Å². The molecule has 1 aliphatic heterocycles. The summed E-state index contributed by atoms with van der Waals surface area (Å²) in [6, 6.07) is 9.37. The second-order valence-electron chi connectivity index (χ2n) is 9.86. The number of nitrogens with zero attached hydrogens (tertiary/aromatic N) is 2. The summed E-state index contributed by atoms with van der Waals surface area (Å²) in [5.41, 5.74) is 1.76. The molecule has 2 N–H and O–H groups in total. The molecule has 1 aliphatic carbocycles. The summed E-state index contributed by atoms with van der Waals surface area (Å²) in [6.45, 7) is 0.838. The predicted octanol–water partition coefficient (Wildman–Crippen LogP) is 6.32. The molecule has 1 unspecified atom stereocenters. The fraction of sp³-hybridized carbons (Fsp3) is 0.444. The Morgan fingerprint density at radius 1 is 1.16 bits per heavy atom. The first-order valence-electron chi connectivity index (χ1n) is 12.7. The van der Waals surface area contributed by atoms with Gasteiger partial charge in [0.2, 0.25) is 5.78 Å². The molecule has 1 saturated carbocycles. The summed E-state index contributed by atoms with van der Waals surface area (Å²) in [5, 5.41) is 13.2. The summed E-state index contributed by atoms with van der Waals surface area (Å²) in [5.74, 6) is -4.92. The monoisotopic (exact) mass is 563 g/mol. The molecule has 5 rings (SSSR count). The maximum absolute atomic E-state index is 16.4. The maximum atomic E-state index is 16.4. The molecule has 38 heavy (non-hydrogen) atoms. The zero-order valence-electron chi connectivity index (χ0n) is 20.6. The van der Waals surface area contributed by atoms with Crippen LogP contribution >= 0.6 is 22.9 Å². The van der Waals surface area contributed by atoms with Gasteiger partial charge in [-0.2, -0.15) is 4.39 Å². The van der Waals surface area contributed by atoms with E-state index in [4.69, 9.17) is 16.3 Å². The summed E-state index contributed by atoms with van der Waals surface area (Å²) in [4.78, 5) is 30.5. The minimum Gasteiger partial charge on any atom is -0.481 e. The molecule has 0 amide bonds. The number of aromatic nitrogens is 1. The number of hydrogen-bond acceptors (Lipinski definition) is 7. The van der Waals surface area contributed by atoms with Gasteiger partial charge in [0.25, 0.3) is 0 Å². The van der Waals surface area contributed by atoms with Crippen molar-refractivity contribution >= 4 is 55.7 Å². The van der Waals surface area contributed by atoms with Gasteiger partial charge in [-0.05, 0) is 74.4 Å². The van der Waals surface area contributed by atoms with Crippen LogP contribution < -0.4 is 5.32 Å². The number of carboxylic acids is 1. The topological polar surface area (TPSA) is 91.8 Å². The zero-order chi connectivity index (χ0) is 26.9. The Hall–Kier alpha value is -2.66. The van der Waals surface area contributed by atoms with Gasteiger partial charge >= 0.3 is 11.9 Å². The van der Waals surface area contributed by atoms with Crippen LogP contribution in [0.2, 0.25) is 5.02 Å². The molecular formula is C27H28ClF2N3O4S. The third-order valence-corrected chi connectivity index (χ3v) is 8.44. The molecule has 2 aromatic carbocycles. The fourth-order valence-electron chi connectivity index (χ4n) is 5.10. The van der Waals surface area contributed by atoms with Gasteiger partial charge in [-0.3, -0.25) is 9.59 Å². The SMILES string of the molecule is O=C(O)C1CCC(OC(F)(C(=O)Cc2ccc(Nc3nc4ccc(F)cc4s3)c(Cl)c2)N2CCCC2)CC1. The molecule has 11 heteroatoms. The third-order valence-electron chi connectivity index (χ3n) is 7.19. The van der Waals surface area contributed by atoms with Gasteiger partial charge in [0.15, 0.2) is 5.13 Å². The molecular weight excluding hydrogens is 536 g/mol. The minimum atomic E-state index is -2.57. The molecule has 1 atom stereocenters. The fourth-order valence-corrected chi connectivity index (χ4v) is 6.25. The molecule has 1 saturated heterocycles. The number of carboxylic acid groups (broad SMARTS) is 1. The van der Waals surface area contributed by atoms with Gasteiger partial charge < -0.3 is 15.2 Å². The zero-order valence-corrected chi connectivity index (χ0v) is 22.2. The van der Waals surface area contributed by atoms with Crippen LogP contribution in [0.1, 0.15) is 44.1 Å². The minimum absolute atomic E-state index is 0.210. The highest BCUT2D eigenvalue weighted by atomic mass is 35.5. The lowest BCUT2D eigenvalue weighted by Crippen LogP contribution is -2.54. The third kappa shape index (κ3) is 5.83. The number of anilines is 2. The smallest absolute Gasteiger partial charge is 0.330 e. The van der Waals surface area contributed by atoms with E-state index >= 15 is 4.39 Å². The first-order valence-corrected chi connectivity index (χ1v) is 13.9. The summed E-state index contributed by atoms with van der Waals surface area (Å²) >= 11 is 7.77. The maximum Gasteiger partial charge on any atom is 0.330 e. The van der Waals surface area contributed by atoms with E-state index in [9.17, 15) is 19.1 Å². The van der Waals surface area contributed by atoms with Gasteiger partial charge in [0.1, 0.15) is 5.82 Å². The van der Waals surface area contributed by atoms with E-state index < -0.39 is 29.8 Å². The molecule has 2 heterocycles. The van der Waals surface area contributed by atoms with Crippen LogP contribution in [0.4, 0.5) is 19.6 Å². The number of likely N-dealkylation sites (tertiary alicyclic amines) is 1. The Morgan fingerprint density at radius 3 is 2.58 bits per heavy atom. The number of hydrogen-bond donors (Lipinski definition) is 2. The number of rotatable bonds is 9. The number of nitrogens with one attached hydrogen (secondary N) is 1. The first-order chi connectivity index (χ1) is 18.2. The summed E-state index contributed by atoms with van der Waals surface area (Å²) in [7, 11) is 0. The van der Waals surface area contributed by atoms with Gasteiger partial charge in [-0.25, -0.2) is 14.3 Å². The van der Waals surface area contributed by atoms with Crippen molar-refractivity contribution in [3.05, 3.63) is 52.8 Å². The molecule has 2 aliphatic rings. The van der Waals surface area contributed by atoms with E-state index in [1.54, 1.807) is 24.3 Å². The van der Waals surface area contributed by atoms with Crippen molar-refractivity contribution in [2.45, 2.75) is 57.0 Å². The number of ketones is 1. The molecule has 3 aromatic rings. The number of fused-ring (bicyclic) bond motifs is 1. The van der Waals surface area contributed by atoms with Crippen LogP contribution in [0.3, 0.4) is 0 Å². The Morgan fingerprint density at radius 2 is 1.89 bits per heavy atom. The van der Waals surface area contributed by atoms with Crippen molar-refractivity contribution in [2.24, 2.45) is 5.92 Å². The van der Waals surface area contributed by atoms with Gasteiger partial charge in [0, 0.05) is 19.5 Å². The van der Waals surface area contributed by atoms with E-state index in [2.05, 4.69) is 10.3 Å². The average Bonchev–Trinajstić information content (AvgIpc) is 3.56. The van der Waals surface area contributed by atoms with Crippen molar-refractivity contribution in [3.8, 4) is 0 Å². The first kappa shape index (κ1) is 26.9. The quantitative estimate of drug-likeness (QED) is 0.294. The van der Waals surface area contributed by atoms with Crippen molar-refractivity contribution in [1.29, 1.82) is 0 Å². The number of ether oxygens (including phenoxy) is 1. The highest BCUT2D eigenvalue weighted by Gasteiger charge is 2.48. The van der Waals surface area contributed by atoms with E-state index in [1.807, 2.05) is 0 Å². The number of benzene rings is 2. The number of aliphatic carboxylic acids is 1. The molecule has 0 bridgehead atoms. The van der Waals surface area contributed by atoms with Crippen molar-refractivity contribution in [2.75, 3.05) is 18.4 Å². The lowest BCUT2D eigenvalue weighted by molar-refractivity contribution is -0.252. The molecule has 202 valence electrons. The molecule has 0 spiro atoms. The predicted molar refractivity (Wildman–Crippen MR) is 142 cm³/mol. The van der Waals surface area contributed by atoms with E-state index in [-0.39, 0.29) is 12.2 Å². The Labute approximate surface area is 227 Å². The van der Waals surface area contributed by atoms with Crippen LogP contribution in [0, 0.1) is 11.7 Å². The van der Waals surface area contributed by atoms with Crippen LogP contribution in [0.5, 0.6) is 0 Å². The normalized spacial score (nSPS) is 21.9. The highest BCUT2D eigenvalue weighted by Crippen LogP contribution is 2.36. The summed E-state index contributed by atoms with van der Waals surface area (Å²) < 4.78 is 36.4. The molecule has 0 radical (unpaired) electrons. The lowest BCUT2D eigenvalue weighted by atomic mass is 9.87. The van der Waals surface area contributed by atoms with Crippen molar-refractivity contribution in [1.82, 2.24) is 9.88 Å². The molecule has 7 nitrogen and oxygen atoms in total. The van der Waals surface area contributed by atoms with Crippen LogP contribution in [-0.2, 0) is 20.7 Å². The molecule has 1 aromatic heterocycles. The summed E-state index contributed by atoms with van der Waals surface area (Å²) in [6.07, 6.45) is 2.42. The largest absolute Gasteiger partial charge is 0.481 e. The van der Waals surface area contributed by atoms with Crippen LogP contribution in [0.15, 0.2) is 36.4 Å². The van der Waals surface area contributed by atoms with E-state index in [1.165, 1.54) is 28.4 Å². The van der Waals surface area contributed by atoms with Gasteiger partial charge in [-0.1, -0.05) is 29.0 Å². The van der Waals surface area contributed by atoms with Gasteiger partial charge in [0.05, 0.1) is 32.9 Å². The number of alkyl halides is 1. The second-order valence-corrected chi connectivity index (χ2v) is 11.3. The van der Waals surface area contributed by atoms with Gasteiger partial charge in [-0.15, -0.1) is 0 Å². The van der Waals surface area contributed by atoms with Crippen LogP contribution in [0.25, 0.3) is 10.2 Å². The Kier molecular flexibility index (Phi) is 7.95. The highest BCUT2D eigenvalue weighted by molar-refractivity contribution is 7.22. The van der Waals surface area contributed by atoms with E-state index in [0.29, 0.717) is 70.4 Å². The number of thiazole rings is 1. The molecule has 2 fully saturated rings. The van der Waals surface area contributed by atoms with Crippen molar-refractivity contribution < 1.29 is 28.2 Å². The Balaban J connectivity index is 1.28. The van der Waals surface area contributed by atoms with Crippen molar-refractivity contribution in [3.63, 3.8) is 0 Å². The standard InChI is InChI=1S/C27H28ClF2N3O4S/c28-20-13-16(3-9-21(20)31-26-32-22-10-6-18(29)15-23(22)38-26)14-24(34)27(30,33-11-1-2-12-33)37-19-7-4-17(5-8-19)25(35)36/h3,6,9-10,13,15,17,19H,1-2,4-5,7-8,11-12,14H2,(H,31,32)(H,35,36). The average molecular weight is 564 g/mol. The Bertz CT molecular complexity index is 1340. The number of carbonyl (C=O) groups is 2. The van der Waals surface area contributed by atoms with E-state index in [0.717, 1.165) is 12.8 Å².